The van der Waals surface area contributed by atoms with Crippen molar-refractivity contribution in [1.82, 2.24) is 0 Å². The van der Waals surface area contributed by atoms with Crippen LogP contribution in [0.3, 0.4) is 0 Å². The number of para-hydroxylation sites is 1. The second-order valence-electron chi connectivity index (χ2n) is 4.11. The van der Waals surface area contributed by atoms with E-state index in [1.807, 2.05) is 25.1 Å². The number of hydrogen-bond acceptors (Lipinski definition) is 4. The van der Waals surface area contributed by atoms with Gasteiger partial charge in [-0.3, -0.25) is 0 Å². The summed E-state index contributed by atoms with van der Waals surface area (Å²) >= 11 is 1.77. The van der Waals surface area contributed by atoms with Gasteiger partial charge in [0.2, 0.25) is 0 Å². The van der Waals surface area contributed by atoms with E-state index in [1.54, 1.807) is 23.9 Å². The number of thioether (sulfide) groups is 1. The summed E-state index contributed by atoms with van der Waals surface area (Å²) in [6, 6.07) is 7.11. The van der Waals surface area contributed by atoms with Gasteiger partial charge in [0.05, 0.1) is 16.3 Å². The molecule has 106 valence electrons. The van der Waals surface area contributed by atoms with Gasteiger partial charge in [-0.05, 0) is 18.6 Å². The molecule has 1 aromatic carbocycles. The van der Waals surface area contributed by atoms with E-state index in [4.69, 9.17) is 0 Å². The summed E-state index contributed by atoms with van der Waals surface area (Å²) < 4.78 is 24.3. The van der Waals surface area contributed by atoms with Gasteiger partial charge in [-0.1, -0.05) is 25.1 Å². The normalized spacial score (nSPS) is 11.2. The Balaban J connectivity index is 2.71. The Morgan fingerprint density at radius 2 is 2.11 bits per heavy atom. The van der Waals surface area contributed by atoms with Crippen LogP contribution in [0, 0.1) is 0 Å². The molecular weight excluding hydrogens is 278 g/mol. The lowest BCUT2D eigenvalue weighted by Gasteiger charge is -2.11. The van der Waals surface area contributed by atoms with Crippen molar-refractivity contribution in [1.29, 1.82) is 0 Å². The van der Waals surface area contributed by atoms with Crippen LogP contribution in [0.1, 0.15) is 13.3 Å². The average Bonchev–Trinajstić information content (AvgIpc) is 2.39. The zero-order valence-corrected chi connectivity index (χ0v) is 12.9. The second-order valence-corrected chi connectivity index (χ2v) is 7.33. The van der Waals surface area contributed by atoms with Crippen LogP contribution in [-0.4, -0.2) is 32.2 Å². The lowest BCUT2D eigenvalue weighted by molar-refractivity contribution is 0.595. The molecule has 0 heterocycles. The van der Waals surface area contributed by atoms with Crippen LogP contribution in [0.5, 0.6) is 0 Å². The molecule has 0 radical (unpaired) electrons. The highest BCUT2D eigenvalue weighted by Crippen LogP contribution is 2.22. The molecule has 0 aliphatic rings. The van der Waals surface area contributed by atoms with Gasteiger partial charge in [0.15, 0.2) is 9.84 Å². The largest absolute Gasteiger partial charge is 0.383 e. The molecule has 0 saturated carbocycles. The molecule has 0 atom stereocenters. The summed E-state index contributed by atoms with van der Waals surface area (Å²) in [5.74, 6) is 2.03. The molecule has 0 fully saturated rings. The maximum absolute atomic E-state index is 12.1. The smallest absolute Gasteiger partial charge is 0.180 e. The third-order valence-corrected chi connectivity index (χ3v) is 5.43. The van der Waals surface area contributed by atoms with Crippen LogP contribution >= 0.6 is 11.8 Å². The third-order valence-electron chi connectivity index (χ3n) is 2.49. The maximum Gasteiger partial charge on any atom is 0.180 e. The Bertz CT molecular complexity index is 498. The Morgan fingerprint density at radius 3 is 2.79 bits per heavy atom. The molecule has 5 heteroatoms. The first kappa shape index (κ1) is 16.1. The lowest BCUT2D eigenvalue weighted by Crippen LogP contribution is -2.12. The van der Waals surface area contributed by atoms with Crippen molar-refractivity contribution in [2.75, 3.05) is 29.1 Å². The van der Waals surface area contributed by atoms with Crippen LogP contribution in [-0.2, 0) is 9.84 Å². The van der Waals surface area contributed by atoms with E-state index in [0.717, 1.165) is 18.1 Å². The molecule has 0 saturated heterocycles. The first-order valence-electron chi connectivity index (χ1n) is 6.36. The quantitative estimate of drug-likeness (QED) is 0.562. The van der Waals surface area contributed by atoms with E-state index >= 15 is 0 Å². The highest BCUT2D eigenvalue weighted by Gasteiger charge is 2.16. The fraction of sp³-hybridized carbons (Fsp3) is 0.429. The Hall–Kier alpha value is -0.940. The molecular formula is C14H21NO2S2. The minimum atomic E-state index is -3.17. The van der Waals surface area contributed by atoms with Crippen molar-refractivity contribution in [2.45, 2.75) is 18.2 Å². The minimum Gasteiger partial charge on any atom is -0.383 e. The third kappa shape index (κ3) is 5.28. The number of rotatable bonds is 9. The van der Waals surface area contributed by atoms with Crippen molar-refractivity contribution in [3.63, 3.8) is 0 Å². The van der Waals surface area contributed by atoms with E-state index in [9.17, 15) is 8.42 Å². The van der Waals surface area contributed by atoms with E-state index in [1.165, 1.54) is 0 Å². The molecule has 1 rings (SSSR count). The van der Waals surface area contributed by atoms with E-state index in [2.05, 4.69) is 11.9 Å². The summed E-state index contributed by atoms with van der Waals surface area (Å²) in [5, 5.41) is 3.20. The van der Waals surface area contributed by atoms with Gasteiger partial charge in [0.1, 0.15) is 0 Å². The van der Waals surface area contributed by atoms with Crippen LogP contribution in [0.2, 0.25) is 0 Å². The summed E-state index contributed by atoms with van der Waals surface area (Å²) in [5.41, 5.74) is 0.704. The van der Waals surface area contributed by atoms with Crippen LogP contribution in [0.25, 0.3) is 0 Å². The predicted octanol–water partition coefficient (Wildman–Crippen LogP) is 3.20. The zero-order valence-electron chi connectivity index (χ0n) is 11.3. The van der Waals surface area contributed by atoms with Gasteiger partial charge in [0, 0.05) is 18.1 Å². The lowest BCUT2D eigenvalue weighted by atomic mass is 10.3. The highest BCUT2D eigenvalue weighted by atomic mass is 32.2. The highest BCUT2D eigenvalue weighted by molar-refractivity contribution is 7.99. The van der Waals surface area contributed by atoms with Gasteiger partial charge >= 0.3 is 0 Å². The van der Waals surface area contributed by atoms with Crippen molar-refractivity contribution in [2.24, 2.45) is 0 Å². The first-order chi connectivity index (χ1) is 9.11. The Morgan fingerprint density at radius 1 is 1.37 bits per heavy atom. The van der Waals surface area contributed by atoms with Crippen molar-refractivity contribution < 1.29 is 8.42 Å². The fourth-order valence-electron chi connectivity index (χ4n) is 1.69. The summed E-state index contributed by atoms with van der Waals surface area (Å²) in [4.78, 5) is 0.408. The van der Waals surface area contributed by atoms with E-state index in [-0.39, 0.29) is 5.75 Å². The van der Waals surface area contributed by atoms with Gasteiger partial charge in [-0.25, -0.2) is 8.42 Å². The molecule has 0 unspecified atom stereocenters. The van der Waals surface area contributed by atoms with Gasteiger partial charge < -0.3 is 5.32 Å². The second kappa shape index (κ2) is 8.27. The zero-order chi connectivity index (χ0) is 14.1. The monoisotopic (exact) mass is 299 g/mol. The SMILES string of the molecule is C=CCSCCNc1ccccc1S(=O)(=O)CCC. The molecule has 1 aromatic rings. The molecule has 0 aromatic heterocycles. The summed E-state index contributed by atoms with van der Waals surface area (Å²) in [6.07, 6.45) is 2.50. The molecule has 0 spiro atoms. The van der Waals surface area contributed by atoms with Crippen LogP contribution in [0.4, 0.5) is 5.69 Å². The molecule has 3 nitrogen and oxygen atoms in total. The summed E-state index contributed by atoms with van der Waals surface area (Å²) in [7, 11) is -3.17. The minimum absolute atomic E-state index is 0.191. The Kier molecular flexibility index (Phi) is 7.02. The van der Waals surface area contributed by atoms with Crippen molar-refractivity contribution in [3.8, 4) is 0 Å². The molecule has 0 amide bonds. The van der Waals surface area contributed by atoms with E-state index in [0.29, 0.717) is 17.0 Å². The number of nitrogens with one attached hydrogen (secondary N) is 1. The number of hydrogen-bond donors (Lipinski definition) is 1. The molecule has 1 N–H and O–H groups in total. The molecule has 0 aliphatic heterocycles. The fourth-order valence-corrected chi connectivity index (χ4v) is 3.79. The van der Waals surface area contributed by atoms with Gasteiger partial charge in [0.25, 0.3) is 0 Å². The van der Waals surface area contributed by atoms with Gasteiger partial charge in [-0.2, -0.15) is 11.8 Å². The standard InChI is InChI=1S/C14H21NO2S2/c1-3-10-18-11-9-15-13-7-5-6-8-14(13)19(16,17)12-4-2/h3,5-8,15H,1,4,9-12H2,2H3. The molecule has 19 heavy (non-hydrogen) atoms. The number of anilines is 1. The predicted molar refractivity (Wildman–Crippen MR) is 84.8 cm³/mol. The van der Waals surface area contributed by atoms with Crippen LogP contribution < -0.4 is 5.32 Å². The Labute approximate surface area is 120 Å². The van der Waals surface area contributed by atoms with E-state index < -0.39 is 9.84 Å². The molecule has 0 aliphatic carbocycles. The van der Waals surface area contributed by atoms with Crippen LogP contribution in [0.15, 0.2) is 41.8 Å². The maximum atomic E-state index is 12.1. The number of sulfone groups is 1. The summed E-state index contributed by atoms with van der Waals surface area (Å²) in [6.45, 7) is 6.28. The van der Waals surface area contributed by atoms with Gasteiger partial charge in [-0.15, -0.1) is 6.58 Å². The average molecular weight is 299 g/mol. The number of benzene rings is 1. The first-order valence-corrected chi connectivity index (χ1v) is 9.16. The van der Waals surface area contributed by atoms with Crippen molar-refractivity contribution >= 4 is 27.3 Å². The topological polar surface area (TPSA) is 46.2 Å². The van der Waals surface area contributed by atoms with Crippen molar-refractivity contribution in [3.05, 3.63) is 36.9 Å². The molecule has 0 bridgehead atoms.